The molecule has 1 aromatic carbocycles. The molecule has 0 radical (unpaired) electrons. The van der Waals surface area contributed by atoms with Crippen molar-refractivity contribution in [1.82, 2.24) is 0 Å². The van der Waals surface area contributed by atoms with Crippen molar-refractivity contribution in [2.24, 2.45) is 0 Å². The molecule has 0 bridgehead atoms. The van der Waals surface area contributed by atoms with Crippen molar-refractivity contribution in [3.63, 3.8) is 0 Å². The van der Waals surface area contributed by atoms with Crippen LogP contribution in [-0.4, -0.2) is 32.7 Å². The van der Waals surface area contributed by atoms with E-state index < -0.39 is 0 Å². The lowest BCUT2D eigenvalue weighted by Gasteiger charge is -2.19. The fraction of sp³-hybridized carbons (Fsp3) is 0.571. The van der Waals surface area contributed by atoms with Gasteiger partial charge in [-0.3, -0.25) is 0 Å². The van der Waals surface area contributed by atoms with E-state index in [0.717, 1.165) is 17.9 Å². The predicted molar refractivity (Wildman–Crippen MR) is 68.2 cm³/mol. The van der Waals surface area contributed by atoms with Crippen molar-refractivity contribution in [2.45, 2.75) is 32.2 Å². The molecule has 0 saturated carbocycles. The van der Waals surface area contributed by atoms with E-state index in [1.165, 1.54) is 5.56 Å². The molecular formula is C14H20O4. The summed E-state index contributed by atoms with van der Waals surface area (Å²) in [6, 6.07) is 5.96. The van der Waals surface area contributed by atoms with Crippen LogP contribution in [0, 0.1) is 0 Å². The average molecular weight is 252 g/mol. The highest BCUT2D eigenvalue weighted by molar-refractivity contribution is 5.50. The summed E-state index contributed by atoms with van der Waals surface area (Å²) in [7, 11) is 3.18. The van der Waals surface area contributed by atoms with Crippen molar-refractivity contribution in [3.05, 3.63) is 23.8 Å². The molecule has 0 amide bonds. The Morgan fingerprint density at radius 1 is 1.28 bits per heavy atom. The second-order valence-corrected chi connectivity index (χ2v) is 4.99. The number of benzene rings is 1. The first-order valence-corrected chi connectivity index (χ1v) is 6.05. The smallest absolute Gasteiger partial charge is 0.191 e. The zero-order valence-corrected chi connectivity index (χ0v) is 11.4. The van der Waals surface area contributed by atoms with Crippen LogP contribution in [0.4, 0.5) is 0 Å². The molecule has 0 unspecified atom stereocenters. The summed E-state index contributed by atoms with van der Waals surface area (Å²) in [6.45, 7) is 4.49. The Labute approximate surface area is 108 Å². The second-order valence-electron chi connectivity index (χ2n) is 4.99. The fourth-order valence-corrected chi connectivity index (χ4v) is 2.09. The van der Waals surface area contributed by atoms with Crippen molar-refractivity contribution in [1.29, 1.82) is 0 Å². The Morgan fingerprint density at radius 2 is 2.00 bits per heavy atom. The molecule has 1 aliphatic heterocycles. The largest absolute Gasteiger partial charge is 0.484 e. The summed E-state index contributed by atoms with van der Waals surface area (Å²) in [5.41, 5.74) is 1.02. The molecule has 0 aliphatic carbocycles. The van der Waals surface area contributed by atoms with E-state index in [1.807, 2.05) is 12.1 Å². The summed E-state index contributed by atoms with van der Waals surface area (Å²) >= 11 is 0. The number of methoxy groups -OCH3 is 2. The van der Waals surface area contributed by atoms with Crippen LogP contribution in [0.25, 0.3) is 0 Å². The van der Waals surface area contributed by atoms with E-state index >= 15 is 0 Å². The quantitative estimate of drug-likeness (QED) is 0.754. The third-order valence-electron chi connectivity index (χ3n) is 2.96. The molecule has 1 aliphatic rings. The summed E-state index contributed by atoms with van der Waals surface area (Å²) in [5.74, 6) is 1.59. The van der Waals surface area contributed by atoms with Gasteiger partial charge in [-0.25, -0.2) is 0 Å². The fourth-order valence-electron chi connectivity index (χ4n) is 2.09. The molecule has 0 spiro atoms. The molecule has 1 heterocycles. The van der Waals surface area contributed by atoms with Crippen LogP contribution in [0.2, 0.25) is 0 Å². The average Bonchev–Trinajstić information content (AvgIpc) is 2.65. The first-order chi connectivity index (χ1) is 8.55. The highest BCUT2D eigenvalue weighted by Gasteiger charge is 2.32. The number of fused-ring (bicyclic) bond motifs is 1. The van der Waals surface area contributed by atoms with Gasteiger partial charge in [0.1, 0.15) is 12.2 Å². The van der Waals surface area contributed by atoms with E-state index in [0.29, 0.717) is 6.61 Å². The third-order valence-corrected chi connectivity index (χ3v) is 2.96. The lowest BCUT2D eigenvalue weighted by atomic mass is 10.0. The topological polar surface area (TPSA) is 36.9 Å². The molecule has 0 atom stereocenters. The zero-order valence-electron chi connectivity index (χ0n) is 11.4. The van der Waals surface area contributed by atoms with Crippen LogP contribution >= 0.6 is 0 Å². The SMILES string of the molecule is COC(COc1cccc2c1OC(C)(C)C2)OC. The third kappa shape index (κ3) is 2.76. The maximum atomic E-state index is 5.92. The van der Waals surface area contributed by atoms with E-state index in [2.05, 4.69) is 19.9 Å². The van der Waals surface area contributed by atoms with Crippen LogP contribution in [-0.2, 0) is 15.9 Å². The highest BCUT2D eigenvalue weighted by Crippen LogP contribution is 2.41. The summed E-state index contributed by atoms with van der Waals surface area (Å²) in [6.07, 6.45) is 0.535. The van der Waals surface area contributed by atoms with Gasteiger partial charge in [0, 0.05) is 26.2 Å². The summed E-state index contributed by atoms with van der Waals surface area (Å²) < 4.78 is 21.8. The first-order valence-electron chi connectivity index (χ1n) is 6.05. The summed E-state index contributed by atoms with van der Waals surface area (Å²) in [4.78, 5) is 0. The summed E-state index contributed by atoms with van der Waals surface area (Å²) in [5, 5.41) is 0. The highest BCUT2D eigenvalue weighted by atomic mass is 16.7. The van der Waals surface area contributed by atoms with E-state index in [4.69, 9.17) is 18.9 Å². The number of hydrogen-bond donors (Lipinski definition) is 0. The van der Waals surface area contributed by atoms with E-state index in [9.17, 15) is 0 Å². The van der Waals surface area contributed by atoms with Crippen molar-refractivity contribution in [3.8, 4) is 11.5 Å². The van der Waals surface area contributed by atoms with Gasteiger partial charge in [0.15, 0.2) is 17.8 Å². The molecule has 0 saturated heterocycles. The molecular weight excluding hydrogens is 232 g/mol. The standard InChI is InChI=1S/C14H20O4/c1-14(2)8-10-6-5-7-11(13(10)18-14)17-9-12(15-3)16-4/h5-7,12H,8-9H2,1-4H3. The molecule has 0 aromatic heterocycles. The van der Waals surface area contributed by atoms with E-state index in [1.54, 1.807) is 14.2 Å². The Balaban J connectivity index is 2.10. The molecule has 4 nitrogen and oxygen atoms in total. The maximum Gasteiger partial charge on any atom is 0.191 e. The normalized spacial score (nSPS) is 16.5. The van der Waals surface area contributed by atoms with Gasteiger partial charge in [-0.1, -0.05) is 12.1 Å². The molecule has 100 valence electrons. The lowest BCUT2D eigenvalue weighted by Crippen LogP contribution is -2.25. The van der Waals surface area contributed by atoms with E-state index in [-0.39, 0.29) is 11.9 Å². The molecule has 2 rings (SSSR count). The number of hydrogen-bond acceptors (Lipinski definition) is 4. The number of rotatable bonds is 5. The van der Waals surface area contributed by atoms with Crippen LogP contribution < -0.4 is 9.47 Å². The maximum absolute atomic E-state index is 5.92. The monoisotopic (exact) mass is 252 g/mol. The molecule has 0 fully saturated rings. The minimum absolute atomic E-state index is 0.163. The minimum atomic E-state index is -0.365. The van der Waals surface area contributed by atoms with Crippen molar-refractivity contribution in [2.75, 3.05) is 20.8 Å². The Kier molecular flexibility index (Phi) is 3.78. The minimum Gasteiger partial charge on any atom is -0.484 e. The van der Waals surface area contributed by atoms with Crippen LogP contribution in [0.1, 0.15) is 19.4 Å². The van der Waals surface area contributed by atoms with Crippen LogP contribution in [0.5, 0.6) is 11.5 Å². The van der Waals surface area contributed by atoms with Crippen molar-refractivity contribution >= 4 is 0 Å². The van der Waals surface area contributed by atoms with Gasteiger partial charge in [0.2, 0.25) is 0 Å². The molecule has 18 heavy (non-hydrogen) atoms. The Morgan fingerprint density at radius 3 is 2.67 bits per heavy atom. The van der Waals surface area contributed by atoms with Crippen molar-refractivity contribution < 1.29 is 18.9 Å². The number of para-hydroxylation sites is 1. The first kappa shape index (κ1) is 13.2. The Hall–Kier alpha value is -1.26. The second kappa shape index (κ2) is 5.16. The molecule has 0 N–H and O–H groups in total. The molecule has 1 aromatic rings. The number of ether oxygens (including phenoxy) is 4. The van der Waals surface area contributed by atoms with Crippen LogP contribution in [0.3, 0.4) is 0 Å². The van der Waals surface area contributed by atoms with Gasteiger partial charge >= 0.3 is 0 Å². The van der Waals surface area contributed by atoms with Gasteiger partial charge in [0.25, 0.3) is 0 Å². The van der Waals surface area contributed by atoms with Gasteiger partial charge in [0.05, 0.1) is 0 Å². The Bertz CT molecular complexity index is 410. The van der Waals surface area contributed by atoms with Gasteiger partial charge in [-0.15, -0.1) is 0 Å². The van der Waals surface area contributed by atoms with Gasteiger partial charge in [-0.05, 0) is 19.9 Å². The van der Waals surface area contributed by atoms with Gasteiger partial charge in [-0.2, -0.15) is 0 Å². The lowest BCUT2D eigenvalue weighted by molar-refractivity contribution is -0.122. The van der Waals surface area contributed by atoms with Crippen LogP contribution in [0.15, 0.2) is 18.2 Å². The predicted octanol–water partition coefficient (Wildman–Crippen LogP) is 2.40. The van der Waals surface area contributed by atoms with Gasteiger partial charge < -0.3 is 18.9 Å². The zero-order chi connectivity index (χ0) is 13.2. The molecule has 4 heteroatoms.